The Morgan fingerprint density at radius 2 is 1.36 bits per heavy atom. The van der Waals surface area contributed by atoms with Gasteiger partial charge in [0, 0.05) is 15.4 Å². The molecule has 0 nitrogen and oxygen atoms in total. The normalized spacial score (nSPS) is 11.6. The Labute approximate surface area is 97.6 Å². The fourth-order valence-electron chi connectivity index (χ4n) is 1.76. The van der Waals surface area contributed by atoms with Crippen LogP contribution in [0, 0.1) is 0 Å². The topological polar surface area (TPSA) is 0 Å². The Hall–Kier alpha value is 0.507. The molecule has 0 aliphatic carbocycles. The van der Waals surface area contributed by atoms with Gasteiger partial charge in [0.1, 0.15) is 0 Å². The van der Waals surface area contributed by atoms with Gasteiger partial charge in [0.05, 0.1) is 0 Å². The molecule has 0 aromatic rings. The highest BCUT2D eigenvalue weighted by atomic mass is 35.5. The molecular formula is C12H27ClSi. The van der Waals surface area contributed by atoms with E-state index in [1.807, 2.05) is 0 Å². The zero-order chi connectivity index (χ0) is 10.5. The summed E-state index contributed by atoms with van der Waals surface area (Å²) in [5.74, 6) is 0.866. The summed E-state index contributed by atoms with van der Waals surface area (Å²) < 4.78 is 0. The summed E-state index contributed by atoms with van der Waals surface area (Å²) in [4.78, 5) is 0. The van der Waals surface area contributed by atoms with Crippen LogP contribution in [0.5, 0.6) is 0 Å². The van der Waals surface area contributed by atoms with Gasteiger partial charge in [0.25, 0.3) is 0 Å². The van der Waals surface area contributed by atoms with E-state index in [0.717, 1.165) is 5.88 Å². The molecule has 0 aliphatic rings. The lowest BCUT2D eigenvalue weighted by Crippen LogP contribution is -1.90. The Kier molecular flexibility index (Phi) is 14.0. The number of hydrogen-bond acceptors (Lipinski definition) is 0. The molecule has 0 fully saturated rings. The van der Waals surface area contributed by atoms with Crippen LogP contribution in [-0.4, -0.2) is 15.4 Å². The fraction of sp³-hybridized carbons (Fsp3) is 1.00. The second kappa shape index (κ2) is 13.5. The lowest BCUT2D eigenvalue weighted by atomic mass is 10.1. The zero-order valence-electron chi connectivity index (χ0n) is 9.86. The van der Waals surface area contributed by atoms with Crippen LogP contribution in [0.25, 0.3) is 0 Å². The number of halogens is 1. The van der Waals surface area contributed by atoms with Gasteiger partial charge in [-0.1, -0.05) is 64.0 Å². The van der Waals surface area contributed by atoms with E-state index in [1.165, 1.54) is 57.4 Å². The molecule has 0 aromatic carbocycles. The van der Waals surface area contributed by atoms with Crippen molar-refractivity contribution >= 4 is 21.1 Å². The molecule has 0 N–H and O–H groups in total. The monoisotopic (exact) mass is 234 g/mol. The standard InChI is InChI=1S/C12H27ClSi/c1-2-3-4-5-6-8-11-14-12-9-7-10-13/h2-12,14H2,1H3. The third-order valence-electron chi connectivity index (χ3n) is 2.74. The molecule has 2 heteroatoms. The van der Waals surface area contributed by atoms with Crippen LogP contribution in [0.4, 0.5) is 0 Å². The van der Waals surface area contributed by atoms with Crippen molar-refractivity contribution in [3.63, 3.8) is 0 Å². The molecule has 86 valence electrons. The smallest absolute Gasteiger partial charge is 0.0223 e. The van der Waals surface area contributed by atoms with E-state index in [2.05, 4.69) is 6.92 Å². The molecular weight excluding hydrogens is 208 g/mol. The van der Waals surface area contributed by atoms with Crippen molar-refractivity contribution in [1.29, 1.82) is 0 Å². The second-order valence-electron chi connectivity index (χ2n) is 4.22. The molecule has 0 bridgehead atoms. The molecule has 0 unspecified atom stereocenters. The summed E-state index contributed by atoms with van der Waals surface area (Å²) in [6, 6.07) is 3.11. The van der Waals surface area contributed by atoms with E-state index in [1.54, 1.807) is 6.04 Å². The molecule has 0 aromatic heterocycles. The Morgan fingerprint density at radius 3 is 2.00 bits per heavy atom. The van der Waals surface area contributed by atoms with Crippen molar-refractivity contribution in [1.82, 2.24) is 0 Å². The van der Waals surface area contributed by atoms with Crippen molar-refractivity contribution in [2.24, 2.45) is 0 Å². The van der Waals surface area contributed by atoms with Gasteiger partial charge < -0.3 is 0 Å². The molecule has 0 aliphatic heterocycles. The minimum atomic E-state index is 0.293. The summed E-state index contributed by atoms with van der Waals surface area (Å²) in [7, 11) is 0.293. The van der Waals surface area contributed by atoms with Crippen LogP contribution in [-0.2, 0) is 0 Å². The molecule has 0 saturated heterocycles. The Balaban J connectivity index is 2.78. The summed E-state index contributed by atoms with van der Waals surface area (Å²) >= 11 is 5.63. The third kappa shape index (κ3) is 12.5. The average Bonchev–Trinajstić information content (AvgIpc) is 2.21. The lowest BCUT2D eigenvalue weighted by Gasteiger charge is -2.00. The summed E-state index contributed by atoms with van der Waals surface area (Å²) in [5.41, 5.74) is 0. The summed E-state index contributed by atoms with van der Waals surface area (Å²) in [6.45, 7) is 2.28. The highest BCUT2D eigenvalue weighted by Gasteiger charge is 1.92. The first kappa shape index (κ1) is 14.5. The average molecular weight is 235 g/mol. The van der Waals surface area contributed by atoms with Gasteiger partial charge in [-0.3, -0.25) is 0 Å². The number of rotatable bonds is 11. The fourth-order valence-corrected chi connectivity index (χ4v) is 3.72. The van der Waals surface area contributed by atoms with Crippen molar-refractivity contribution < 1.29 is 0 Å². The van der Waals surface area contributed by atoms with Crippen molar-refractivity contribution in [2.45, 2.75) is 70.4 Å². The van der Waals surface area contributed by atoms with Gasteiger partial charge >= 0.3 is 0 Å². The van der Waals surface area contributed by atoms with Gasteiger partial charge in [-0.2, -0.15) is 0 Å². The van der Waals surface area contributed by atoms with Gasteiger partial charge in [-0.25, -0.2) is 0 Å². The molecule has 0 atom stereocenters. The first-order valence-electron chi connectivity index (χ1n) is 6.47. The number of alkyl halides is 1. The maximum atomic E-state index is 5.63. The highest BCUT2D eigenvalue weighted by molar-refractivity contribution is 6.35. The van der Waals surface area contributed by atoms with E-state index >= 15 is 0 Å². The molecule has 0 rings (SSSR count). The molecule has 14 heavy (non-hydrogen) atoms. The van der Waals surface area contributed by atoms with E-state index in [0.29, 0.717) is 9.52 Å². The van der Waals surface area contributed by atoms with Crippen molar-refractivity contribution in [3.8, 4) is 0 Å². The molecule has 0 heterocycles. The van der Waals surface area contributed by atoms with E-state index < -0.39 is 0 Å². The van der Waals surface area contributed by atoms with Crippen molar-refractivity contribution in [3.05, 3.63) is 0 Å². The SMILES string of the molecule is CCCCCCCC[SiH2]CCCCCl. The van der Waals surface area contributed by atoms with Crippen LogP contribution >= 0.6 is 11.6 Å². The van der Waals surface area contributed by atoms with E-state index in [-0.39, 0.29) is 0 Å². The van der Waals surface area contributed by atoms with Crippen molar-refractivity contribution in [2.75, 3.05) is 5.88 Å². The highest BCUT2D eigenvalue weighted by Crippen LogP contribution is 2.08. The number of unbranched alkanes of at least 4 members (excludes halogenated alkanes) is 6. The molecule has 0 spiro atoms. The minimum Gasteiger partial charge on any atom is -0.127 e. The Bertz CT molecular complexity index is 84.3. The predicted molar refractivity (Wildman–Crippen MR) is 71.5 cm³/mol. The van der Waals surface area contributed by atoms with Gasteiger partial charge in [0.15, 0.2) is 0 Å². The molecule has 0 saturated carbocycles. The quantitative estimate of drug-likeness (QED) is 0.283. The van der Waals surface area contributed by atoms with Crippen LogP contribution in [0.3, 0.4) is 0 Å². The lowest BCUT2D eigenvalue weighted by molar-refractivity contribution is 0.623. The summed E-state index contributed by atoms with van der Waals surface area (Å²) in [6.07, 6.45) is 11.4. The maximum absolute atomic E-state index is 5.63. The third-order valence-corrected chi connectivity index (χ3v) is 5.00. The van der Waals surface area contributed by atoms with Crippen LogP contribution < -0.4 is 0 Å². The van der Waals surface area contributed by atoms with Gasteiger partial charge in [0.2, 0.25) is 0 Å². The largest absolute Gasteiger partial charge is 0.127 e. The zero-order valence-corrected chi connectivity index (χ0v) is 12.0. The van der Waals surface area contributed by atoms with E-state index in [9.17, 15) is 0 Å². The van der Waals surface area contributed by atoms with Gasteiger partial charge in [-0.15, -0.1) is 11.6 Å². The second-order valence-corrected chi connectivity index (χ2v) is 6.72. The molecule has 0 radical (unpaired) electrons. The van der Waals surface area contributed by atoms with Crippen LogP contribution in [0.15, 0.2) is 0 Å². The minimum absolute atomic E-state index is 0.293. The summed E-state index contributed by atoms with van der Waals surface area (Å²) in [5, 5.41) is 0. The molecule has 0 amide bonds. The van der Waals surface area contributed by atoms with E-state index in [4.69, 9.17) is 11.6 Å². The first-order valence-corrected chi connectivity index (χ1v) is 9.01. The predicted octanol–water partition coefficient (Wildman–Crippen LogP) is 4.37. The van der Waals surface area contributed by atoms with Crippen LogP contribution in [0.2, 0.25) is 12.1 Å². The Morgan fingerprint density at radius 1 is 0.786 bits per heavy atom. The van der Waals surface area contributed by atoms with Gasteiger partial charge in [-0.05, 0) is 6.42 Å². The van der Waals surface area contributed by atoms with Crippen LogP contribution in [0.1, 0.15) is 58.3 Å². The maximum Gasteiger partial charge on any atom is 0.0223 e. The number of hydrogen-bond donors (Lipinski definition) is 0. The first-order chi connectivity index (χ1) is 6.91.